The van der Waals surface area contributed by atoms with Crippen LogP contribution in [0.5, 0.6) is 5.75 Å². The summed E-state index contributed by atoms with van der Waals surface area (Å²) >= 11 is 0. The van der Waals surface area contributed by atoms with Gasteiger partial charge in [-0.1, -0.05) is 12.1 Å². The maximum atomic E-state index is 12.4. The van der Waals surface area contributed by atoms with Crippen molar-refractivity contribution < 1.29 is 22.7 Å². The lowest BCUT2D eigenvalue weighted by Gasteiger charge is -2.27. The van der Waals surface area contributed by atoms with Crippen molar-refractivity contribution in [1.82, 2.24) is 9.62 Å². The average molecular weight is 384 g/mol. The number of rotatable bonds is 8. The normalized spacial score (nSPS) is 14.8. The number of ether oxygens (including phenoxy) is 2. The van der Waals surface area contributed by atoms with E-state index in [0.717, 1.165) is 12.8 Å². The van der Waals surface area contributed by atoms with Crippen LogP contribution >= 0.6 is 0 Å². The van der Waals surface area contributed by atoms with Crippen LogP contribution in [-0.2, 0) is 14.8 Å². The van der Waals surface area contributed by atoms with Gasteiger partial charge in [-0.3, -0.25) is 0 Å². The smallest absolute Gasteiger partial charge is 0.410 e. The van der Waals surface area contributed by atoms with E-state index in [4.69, 9.17) is 9.47 Å². The third-order valence-electron chi connectivity index (χ3n) is 3.84. The van der Waals surface area contributed by atoms with Gasteiger partial charge in [0, 0.05) is 19.1 Å². The lowest BCUT2D eigenvalue weighted by atomic mass is 10.2. The number of carbonyl (C=O) groups is 1. The molecule has 0 aromatic heterocycles. The van der Waals surface area contributed by atoms with Crippen LogP contribution in [0.25, 0.3) is 0 Å². The van der Waals surface area contributed by atoms with Crippen LogP contribution in [-0.4, -0.2) is 51.3 Å². The van der Waals surface area contributed by atoms with Crippen molar-refractivity contribution in [1.29, 1.82) is 0 Å². The molecule has 26 heavy (non-hydrogen) atoms. The summed E-state index contributed by atoms with van der Waals surface area (Å²) in [4.78, 5) is 14.1. The molecule has 1 aliphatic rings. The predicted molar refractivity (Wildman–Crippen MR) is 98.8 cm³/mol. The second-order valence-corrected chi connectivity index (χ2v) is 9.04. The first kappa shape index (κ1) is 20.5. The van der Waals surface area contributed by atoms with Crippen LogP contribution in [0.2, 0.25) is 0 Å². The minimum Gasteiger partial charge on any atom is -0.495 e. The zero-order chi connectivity index (χ0) is 19.4. The highest BCUT2D eigenvalue weighted by Gasteiger charge is 2.34. The van der Waals surface area contributed by atoms with Crippen LogP contribution in [0.3, 0.4) is 0 Å². The molecule has 1 aromatic carbocycles. The molecule has 0 atom stereocenters. The molecule has 0 aliphatic heterocycles. The monoisotopic (exact) mass is 384 g/mol. The van der Waals surface area contributed by atoms with Gasteiger partial charge in [0.15, 0.2) is 0 Å². The number of carbonyl (C=O) groups excluding carboxylic acids is 1. The minimum atomic E-state index is -3.66. The fraction of sp³-hybridized carbons (Fsp3) is 0.611. The van der Waals surface area contributed by atoms with E-state index in [2.05, 4.69) is 4.72 Å². The summed E-state index contributed by atoms with van der Waals surface area (Å²) in [5.41, 5.74) is -0.546. The summed E-state index contributed by atoms with van der Waals surface area (Å²) < 4.78 is 38.0. The van der Waals surface area contributed by atoms with Crippen molar-refractivity contribution in [2.45, 2.75) is 56.6 Å². The number of amides is 1. The van der Waals surface area contributed by atoms with E-state index in [1.54, 1.807) is 23.1 Å². The van der Waals surface area contributed by atoms with Crippen molar-refractivity contribution in [3.8, 4) is 5.75 Å². The Labute approximate surface area is 155 Å². The Morgan fingerprint density at radius 2 is 1.92 bits per heavy atom. The van der Waals surface area contributed by atoms with Crippen molar-refractivity contribution in [3.05, 3.63) is 24.3 Å². The molecule has 1 saturated carbocycles. The predicted octanol–water partition coefficient (Wildman–Crippen LogP) is 2.76. The highest BCUT2D eigenvalue weighted by Crippen LogP contribution is 2.28. The molecule has 146 valence electrons. The summed E-state index contributed by atoms with van der Waals surface area (Å²) in [5, 5.41) is 0. The molecule has 0 radical (unpaired) electrons. The molecule has 1 fully saturated rings. The van der Waals surface area contributed by atoms with Gasteiger partial charge < -0.3 is 14.4 Å². The van der Waals surface area contributed by atoms with Crippen LogP contribution in [0.4, 0.5) is 4.79 Å². The Morgan fingerprint density at radius 3 is 2.50 bits per heavy atom. The Hall–Kier alpha value is -1.80. The molecule has 8 heteroatoms. The standard InChI is InChI=1S/C18H28N2O5S/c1-18(2,3)25-17(21)20(14-10-11-14)13-7-12-19-26(22,23)16-9-6-5-8-15(16)24-4/h5-6,8-9,14,19H,7,10-13H2,1-4H3. The van der Waals surface area contributed by atoms with E-state index < -0.39 is 15.6 Å². The highest BCUT2D eigenvalue weighted by molar-refractivity contribution is 7.89. The summed E-state index contributed by atoms with van der Waals surface area (Å²) in [6.07, 6.45) is 2.09. The van der Waals surface area contributed by atoms with Crippen LogP contribution in [0.15, 0.2) is 29.2 Å². The first-order valence-corrected chi connectivity index (χ1v) is 10.2. The van der Waals surface area contributed by atoms with Gasteiger partial charge >= 0.3 is 6.09 Å². The van der Waals surface area contributed by atoms with Gasteiger partial charge in [-0.2, -0.15) is 0 Å². The van der Waals surface area contributed by atoms with E-state index >= 15 is 0 Å². The van der Waals surface area contributed by atoms with Gasteiger partial charge in [-0.15, -0.1) is 0 Å². The number of sulfonamides is 1. The molecule has 1 aromatic rings. The SMILES string of the molecule is COc1ccccc1S(=O)(=O)NCCCN(C(=O)OC(C)(C)C)C1CC1. The molecule has 1 N–H and O–H groups in total. The maximum absolute atomic E-state index is 12.4. The quantitative estimate of drug-likeness (QED) is 0.697. The minimum absolute atomic E-state index is 0.105. The molecular weight excluding hydrogens is 356 g/mol. The molecule has 0 unspecified atom stereocenters. The fourth-order valence-corrected chi connectivity index (χ4v) is 3.75. The molecule has 7 nitrogen and oxygen atoms in total. The first-order valence-electron chi connectivity index (χ1n) is 8.76. The van der Waals surface area contributed by atoms with Crippen LogP contribution in [0, 0.1) is 0 Å². The van der Waals surface area contributed by atoms with Gasteiger partial charge in [0.1, 0.15) is 16.2 Å². The van der Waals surface area contributed by atoms with E-state index in [1.165, 1.54) is 13.2 Å². The number of hydrogen-bond acceptors (Lipinski definition) is 5. The fourth-order valence-electron chi connectivity index (χ4n) is 2.50. The van der Waals surface area contributed by atoms with E-state index in [1.807, 2.05) is 20.8 Å². The molecule has 0 saturated heterocycles. The third kappa shape index (κ3) is 5.88. The molecule has 0 bridgehead atoms. The first-order chi connectivity index (χ1) is 12.1. The Morgan fingerprint density at radius 1 is 1.27 bits per heavy atom. The Bertz CT molecular complexity index is 723. The van der Waals surface area contributed by atoms with Crippen LogP contribution in [0.1, 0.15) is 40.0 Å². The lowest BCUT2D eigenvalue weighted by Crippen LogP contribution is -2.39. The molecular formula is C18H28N2O5S. The van der Waals surface area contributed by atoms with E-state index in [-0.39, 0.29) is 23.6 Å². The maximum Gasteiger partial charge on any atom is 0.410 e. The summed E-state index contributed by atoms with van der Waals surface area (Å²) in [6, 6.07) is 6.67. The summed E-state index contributed by atoms with van der Waals surface area (Å²) in [7, 11) is -2.23. The molecule has 2 rings (SSSR count). The number of hydrogen-bond donors (Lipinski definition) is 1. The van der Waals surface area contributed by atoms with Crippen molar-refractivity contribution in [2.24, 2.45) is 0 Å². The van der Waals surface area contributed by atoms with Gasteiger partial charge in [0.2, 0.25) is 10.0 Å². The molecule has 1 aliphatic carbocycles. The van der Waals surface area contributed by atoms with Crippen molar-refractivity contribution >= 4 is 16.1 Å². The number of methoxy groups -OCH3 is 1. The highest BCUT2D eigenvalue weighted by atomic mass is 32.2. The van der Waals surface area contributed by atoms with Gasteiger partial charge in [-0.05, 0) is 52.2 Å². The van der Waals surface area contributed by atoms with Crippen molar-refractivity contribution in [3.63, 3.8) is 0 Å². The molecule has 0 heterocycles. The number of nitrogens with zero attached hydrogens (tertiary/aromatic N) is 1. The van der Waals surface area contributed by atoms with E-state index in [0.29, 0.717) is 18.7 Å². The second kappa shape index (κ2) is 8.26. The number of benzene rings is 1. The second-order valence-electron chi connectivity index (χ2n) is 7.31. The summed E-state index contributed by atoms with van der Waals surface area (Å²) in [6.45, 7) is 6.17. The Balaban J connectivity index is 1.89. The van der Waals surface area contributed by atoms with Gasteiger partial charge in [0.05, 0.1) is 7.11 Å². The topological polar surface area (TPSA) is 84.9 Å². The zero-order valence-corrected chi connectivity index (χ0v) is 16.6. The molecule has 0 spiro atoms. The van der Waals surface area contributed by atoms with Crippen LogP contribution < -0.4 is 9.46 Å². The molecule has 1 amide bonds. The van der Waals surface area contributed by atoms with Crippen molar-refractivity contribution in [2.75, 3.05) is 20.2 Å². The Kier molecular flexibility index (Phi) is 6.52. The number of nitrogens with one attached hydrogen (secondary N) is 1. The lowest BCUT2D eigenvalue weighted by molar-refractivity contribution is 0.0232. The largest absolute Gasteiger partial charge is 0.495 e. The zero-order valence-electron chi connectivity index (χ0n) is 15.8. The van der Waals surface area contributed by atoms with Gasteiger partial charge in [0.25, 0.3) is 0 Å². The van der Waals surface area contributed by atoms with E-state index in [9.17, 15) is 13.2 Å². The third-order valence-corrected chi connectivity index (χ3v) is 5.34. The number of para-hydroxylation sites is 1. The summed E-state index contributed by atoms with van der Waals surface area (Å²) in [5.74, 6) is 0.299. The van der Waals surface area contributed by atoms with Gasteiger partial charge in [-0.25, -0.2) is 17.9 Å². The average Bonchev–Trinajstić information content (AvgIpc) is 3.37.